The van der Waals surface area contributed by atoms with E-state index >= 15 is 0 Å². The molecule has 0 saturated carbocycles. The number of epoxide rings is 1. The number of ether oxygens (including phenoxy) is 4. The van der Waals surface area contributed by atoms with Gasteiger partial charge >= 0.3 is 12.1 Å². The molecule has 3 heterocycles. The third kappa shape index (κ3) is 6.53. The first kappa shape index (κ1) is 33.6. The van der Waals surface area contributed by atoms with Gasteiger partial charge in [0, 0.05) is 32.1 Å². The molecule has 240 valence electrons. The minimum Gasteiger partial charge on any atom is -0.458 e. The molecule has 4 bridgehead atoms. The Balaban J connectivity index is 1.78. The molecule has 12 nitrogen and oxygen atoms in total. The highest BCUT2D eigenvalue weighted by Gasteiger charge is 2.64. The van der Waals surface area contributed by atoms with Crippen LogP contribution in [-0.2, 0) is 38.1 Å². The second-order valence-corrected chi connectivity index (χ2v) is 12.7. The van der Waals surface area contributed by atoms with Crippen LogP contribution in [0.3, 0.4) is 0 Å². The highest BCUT2D eigenvalue weighted by molar-refractivity contribution is 6.48. The summed E-state index contributed by atoms with van der Waals surface area (Å²) in [6.45, 7) is 8.48. The summed E-state index contributed by atoms with van der Waals surface area (Å²) in [5, 5.41) is 13.6. The highest BCUT2D eigenvalue weighted by atomic mass is 35.5. The number of nitrogens with zero attached hydrogens (tertiary/aromatic N) is 1. The highest BCUT2D eigenvalue weighted by Crippen LogP contribution is 2.49. The number of esters is 1. The quantitative estimate of drug-likeness (QED) is 0.268. The van der Waals surface area contributed by atoms with Gasteiger partial charge in [0.25, 0.3) is 0 Å². The third-order valence-electron chi connectivity index (χ3n) is 8.58. The van der Waals surface area contributed by atoms with Crippen LogP contribution in [0.25, 0.3) is 0 Å². The predicted octanol–water partition coefficient (Wildman–Crippen LogP) is 2.83. The number of halogens is 1. The van der Waals surface area contributed by atoms with E-state index in [1.807, 2.05) is 0 Å². The van der Waals surface area contributed by atoms with Crippen molar-refractivity contribution in [2.24, 2.45) is 11.8 Å². The maximum absolute atomic E-state index is 13.6. The predicted molar refractivity (Wildman–Crippen MR) is 157 cm³/mol. The van der Waals surface area contributed by atoms with Crippen molar-refractivity contribution < 1.29 is 48.0 Å². The zero-order chi connectivity index (χ0) is 32.7. The van der Waals surface area contributed by atoms with Crippen LogP contribution in [0.1, 0.15) is 53.9 Å². The fourth-order valence-corrected chi connectivity index (χ4v) is 6.07. The van der Waals surface area contributed by atoms with Gasteiger partial charge in [0.05, 0.1) is 18.4 Å². The minimum atomic E-state index is -1.84. The topological polar surface area (TPSA) is 161 Å². The second-order valence-electron chi connectivity index (χ2n) is 12.3. The molecule has 4 aliphatic rings. The van der Waals surface area contributed by atoms with E-state index in [4.69, 9.17) is 30.5 Å². The van der Waals surface area contributed by atoms with E-state index < -0.39 is 88.6 Å². The molecule has 3 aliphatic heterocycles. The summed E-state index contributed by atoms with van der Waals surface area (Å²) in [5.41, 5.74) is -2.49. The summed E-state index contributed by atoms with van der Waals surface area (Å²) in [5.74, 6) is -3.45. The van der Waals surface area contributed by atoms with Crippen LogP contribution in [0.15, 0.2) is 46.2 Å². The number of likely N-dealkylation sites (N-methyl/N-ethyl adjacent to an activating group) is 1. The van der Waals surface area contributed by atoms with Gasteiger partial charge in [0.1, 0.15) is 34.6 Å². The van der Waals surface area contributed by atoms with Gasteiger partial charge in [0.2, 0.25) is 11.7 Å². The fraction of sp³-hybridized carbons (Fsp3) is 0.581. The van der Waals surface area contributed by atoms with Gasteiger partial charge in [-0.25, -0.2) is 4.79 Å². The normalized spacial score (nSPS) is 37.0. The largest absolute Gasteiger partial charge is 0.458 e. The van der Waals surface area contributed by atoms with E-state index in [-0.39, 0.29) is 24.1 Å². The SMILES string of the molecule is COC1/C=C/C=C(\C)CC2=CC(=O)C(Cl)=C(C2=O)N(C)C(=O)CC(OC(=O)C(C)C)C2(C)OC2C(C)C2CC1(O)NC(=O)O2. The molecule has 0 spiro atoms. The Hall–Kier alpha value is -3.32. The number of hydrogen-bond acceptors (Lipinski definition) is 10. The van der Waals surface area contributed by atoms with Crippen LogP contribution in [0, 0.1) is 11.8 Å². The zero-order valence-electron chi connectivity index (χ0n) is 25.8. The summed E-state index contributed by atoms with van der Waals surface area (Å²) < 4.78 is 22.9. The van der Waals surface area contributed by atoms with Crippen molar-refractivity contribution in [2.75, 3.05) is 14.2 Å². The van der Waals surface area contributed by atoms with Gasteiger partial charge in [-0.2, -0.15) is 0 Å². The number of allylic oxidation sites excluding steroid dienone is 6. The molecular formula is C31H39ClN2O10. The number of alkyl carbamates (subject to hydrolysis) is 1. The Morgan fingerprint density at radius 1 is 1.25 bits per heavy atom. The molecule has 0 aromatic rings. The molecule has 0 aromatic heterocycles. The molecule has 1 aliphatic carbocycles. The first-order valence-electron chi connectivity index (χ1n) is 14.4. The zero-order valence-corrected chi connectivity index (χ0v) is 26.6. The van der Waals surface area contributed by atoms with Crippen LogP contribution in [0.5, 0.6) is 0 Å². The molecule has 13 heteroatoms. The fourth-order valence-electron chi connectivity index (χ4n) is 5.80. The molecule has 2 N–H and O–H groups in total. The van der Waals surface area contributed by atoms with E-state index in [9.17, 15) is 29.1 Å². The van der Waals surface area contributed by atoms with Crippen LogP contribution in [0.2, 0.25) is 0 Å². The molecule has 4 rings (SSSR count). The van der Waals surface area contributed by atoms with Crippen LogP contribution >= 0.6 is 11.6 Å². The minimum absolute atomic E-state index is 0.0599. The monoisotopic (exact) mass is 634 g/mol. The summed E-state index contributed by atoms with van der Waals surface area (Å²) in [6.07, 6.45) is 1.18. The lowest BCUT2D eigenvalue weighted by Crippen LogP contribution is -2.63. The van der Waals surface area contributed by atoms with E-state index in [0.717, 1.165) is 11.0 Å². The summed E-state index contributed by atoms with van der Waals surface area (Å²) in [4.78, 5) is 66.4. The van der Waals surface area contributed by atoms with Crippen molar-refractivity contribution in [3.8, 4) is 0 Å². The van der Waals surface area contributed by atoms with Gasteiger partial charge in [0.15, 0.2) is 11.5 Å². The van der Waals surface area contributed by atoms with Crippen molar-refractivity contribution in [2.45, 2.75) is 89.6 Å². The molecule has 7 unspecified atom stereocenters. The summed E-state index contributed by atoms with van der Waals surface area (Å²) in [7, 11) is 2.72. The number of aliphatic hydroxyl groups is 1. The average Bonchev–Trinajstić information content (AvgIpc) is 3.64. The van der Waals surface area contributed by atoms with Crippen LogP contribution < -0.4 is 5.32 Å². The van der Waals surface area contributed by atoms with Crippen molar-refractivity contribution in [1.82, 2.24) is 10.2 Å². The van der Waals surface area contributed by atoms with Crippen LogP contribution in [0.4, 0.5) is 4.79 Å². The Kier molecular flexibility index (Phi) is 9.60. The Morgan fingerprint density at radius 2 is 1.93 bits per heavy atom. The number of carbonyl (C=O) groups excluding carboxylic acids is 5. The lowest BCUT2D eigenvalue weighted by molar-refractivity contribution is -0.158. The second kappa shape index (κ2) is 12.6. The van der Waals surface area contributed by atoms with E-state index in [1.54, 1.807) is 52.8 Å². The van der Waals surface area contributed by atoms with Crippen molar-refractivity contribution in [3.05, 3.63) is 46.2 Å². The number of nitrogens with one attached hydrogen (secondary N) is 1. The molecule has 0 aromatic carbocycles. The lowest BCUT2D eigenvalue weighted by Gasteiger charge is -2.42. The van der Waals surface area contributed by atoms with Gasteiger partial charge in [-0.05, 0) is 26.3 Å². The van der Waals surface area contributed by atoms with Gasteiger partial charge in [-0.1, -0.05) is 56.2 Å². The molecule has 7 atom stereocenters. The number of rotatable bonds is 3. The van der Waals surface area contributed by atoms with E-state index in [0.29, 0.717) is 5.57 Å². The van der Waals surface area contributed by atoms with Gasteiger partial charge < -0.3 is 29.0 Å². The van der Waals surface area contributed by atoms with Gasteiger partial charge in [-0.15, -0.1) is 0 Å². The first-order chi connectivity index (χ1) is 20.5. The number of Topliss-reactive ketones (excluding diaryl/α,β-unsaturated/α-hetero) is 1. The number of hydrogen-bond donors (Lipinski definition) is 2. The maximum atomic E-state index is 13.6. The number of fused-ring (bicyclic) bond motifs is 5. The Morgan fingerprint density at radius 3 is 2.57 bits per heavy atom. The van der Waals surface area contributed by atoms with Crippen molar-refractivity contribution >= 4 is 41.1 Å². The number of ketones is 2. The number of methoxy groups -OCH3 is 1. The number of carbonyl (C=O) groups is 5. The van der Waals surface area contributed by atoms with Crippen molar-refractivity contribution in [3.63, 3.8) is 0 Å². The smallest absolute Gasteiger partial charge is 0.409 e. The molecule has 0 radical (unpaired) electrons. The molecule has 2 saturated heterocycles. The Labute approximate surface area is 261 Å². The number of amides is 2. The lowest BCUT2D eigenvalue weighted by atomic mass is 9.83. The third-order valence-corrected chi connectivity index (χ3v) is 8.94. The molecular weight excluding hydrogens is 596 g/mol. The Bertz CT molecular complexity index is 1380. The van der Waals surface area contributed by atoms with E-state index in [1.165, 1.54) is 14.2 Å². The van der Waals surface area contributed by atoms with E-state index in [2.05, 4.69) is 5.32 Å². The molecule has 2 amide bonds. The summed E-state index contributed by atoms with van der Waals surface area (Å²) >= 11 is 6.28. The first-order valence-corrected chi connectivity index (χ1v) is 14.8. The van der Waals surface area contributed by atoms with Gasteiger partial charge in [-0.3, -0.25) is 24.5 Å². The van der Waals surface area contributed by atoms with Crippen molar-refractivity contribution in [1.29, 1.82) is 0 Å². The summed E-state index contributed by atoms with van der Waals surface area (Å²) in [6, 6.07) is 0. The van der Waals surface area contributed by atoms with Crippen LogP contribution in [-0.4, -0.2) is 89.4 Å². The maximum Gasteiger partial charge on any atom is 0.409 e. The molecule has 2 fully saturated rings. The average molecular weight is 635 g/mol. The molecule has 44 heavy (non-hydrogen) atoms. The standard InChI is InChI=1S/C31H39ClN2O10/c1-15(2)28(38)43-22-13-23(36)34(6)25-24(32)19(35)12-18(26(25)37)11-16(3)9-8-10-21(41-7)31(40)14-20(42-29(39)33-31)17(4)27-30(22,5)44-27/h8-10,12,15,17,20-22,27,40H,11,13-14H2,1-7H3,(H,33,39)/b10-8+,16-9+.